The number of aromatic nitrogens is 1. The molecule has 1 heterocycles. The van der Waals surface area contributed by atoms with Gasteiger partial charge in [0.2, 0.25) is 5.76 Å². The van der Waals surface area contributed by atoms with Crippen LogP contribution in [0.4, 0.5) is 0 Å². The molecule has 0 saturated carbocycles. The van der Waals surface area contributed by atoms with Crippen LogP contribution in [0, 0.1) is 0 Å². The molecule has 1 aromatic heterocycles. The van der Waals surface area contributed by atoms with E-state index in [9.17, 15) is 4.79 Å². The van der Waals surface area contributed by atoms with E-state index in [-0.39, 0.29) is 23.6 Å². The van der Waals surface area contributed by atoms with E-state index in [0.29, 0.717) is 0 Å². The molecular formula is C10H16N2O2. The SMILES string of the molecule is CC(C)NC(=O)c1cc(C(C)C)no1. The highest BCUT2D eigenvalue weighted by molar-refractivity contribution is 5.91. The molecule has 1 amide bonds. The quantitative estimate of drug-likeness (QED) is 0.803. The highest BCUT2D eigenvalue weighted by Crippen LogP contribution is 2.13. The fourth-order valence-corrected chi connectivity index (χ4v) is 1.00. The van der Waals surface area contributed by atoms with Crippen LogP contribution in [0.15, 0.2) is 10.6 Å². The van der Waals surface area contributed by atoms with Crippen molar-refractivity contribution in [1.29, 1.82) is 0 Å². The predicted molar refractivity (Wildman–Crippen MR) is 53.2 cm³/mol. The highest BCUT2D eigenvalue weighted by Gasteiger charge is 2.14. The molecule has 1 aromatic rings. The van der Waals surface area contributed by atoms with Crippen LogP contribution < -0.4 is 5.32 Å². The number of carbonyl (C=O) groups excluding carboxylic acids is 1. The van der Waals surface area contributed by atoms with Crippen LogP contribution in [-0.4, -0.2) is 17.1 Å². The van der Waals surface area contributed by atoms with E-state index < -0.39 is 0 Å². The average Bonchev–Trinajstić information content (AvgIpc) is 2.50. The second-order valence-electron chi connectivity index (χ2n) is 3.90. The van der Waals surface area contributed by atoms with Gasteiger partial charge >= 0.3 is 0 Å². The Balaban J connectivity index is 2.71. The van der Waals surface area contributed by atoms with Gasteiger partial charge in [0.15, 0.2) is 0 Å². The van der Waals surface area contributed by atoms with Crippen LogP contribution in [0.5, 0.6) is 0 Å². The maximum atomic E-state index is 11.4. The van der Waals surface area contributed by atoms with E-state index in [2.05, 4.69) is 10.5 Å². The molecule has 0 unspecified atom stereocenters. The molecule has 4 heteroatoms. The molecule has 0 aliphatic carbocycles. The van der Waals surface area contributed by atoms with Crippen LogP contribution in [-0.2, 0) is 0 Å². The first kappa shape index (κ1) is 10.8. The van der Waals surface area contributed by atoms with Crippen molar-refractivity contribution in [1.82, 2.24) is 10.5 Å². The minimum atomic E-state index is -0.209. The van der Waals surface area contributed by atoms with Crippen LogP contribution in [0.2, 0.25) is 0 Å². The topological polar surface area (TPSA) is 55.1 Å². The van der Waals surface area contributed by atoms with E-state index in [1.54, 1.807) is 6.07 Å². The maximum absolute atomic E-state index is 11.4. The van der Waals surface area contributed by atoms with Gasteiger partial charge in [0.25, 0.3) is 5.91 Å². The van der Waals surface area contributed by atoms with Crippen molar-refractivity contribution in [2.24, 2.45) is 0 Å². The fourth-order valence-electron chi connectivity index (χ4n) is 1.00. The van der Waals surface area contributed by atoms with Crippen LogP contribution in [0.1, 0.15) is 49.9 Å². The number of carbonyl (C=O) groups is 1. The summed E-state index contributed by atoms with van der Waals surface area (Å²) in [7, 11) is 0. The molecule has 1 rings (SSSR count). The monoisotopic (exact) mass is 196 g/mol. The summed E-state index contributed by atoms with van der Waals surface area (Å²) in [5, 5.41) is 6.55. The van der Waals surface area contributed by atoms with Crippen molar-refractivity contribution in [3.63, 3.8) is 0 Å². The predicted octanol–water partition coefficient (Wildman–Crippen LogP) is 1.94. The van der Waals surface area contributed by atoms with E-state index in [1.807, 2.05) is 27.7 Å². The summed E-state index contributed by atoms with van der Waals surface area (Å²) in [6, 6.07) is 1.79. The van der Waals surface area contributed by atoms with E-state index in [1.165, 1.54) is 0 Å². The molecule has 0 radical (unpaired) electrons. The third-order valence-corrected chi connectivity index (χ3v) is 1.76. The first-order chi connectivity index (χ1) is 6.50. The van der Waals surface area contributed by atoms with Crippen molar-refractivity contribution in [2.75, 3.05) is 0 Å². The zero-order valence-electron chi connectivity index (χ0n) is 9.00. The molecular weight excluding hydrogens is 180 g/mol. The van der Waals surface area contributed by atoms with Gasteiger partial charge in [-0.1, -0.05) is 19.0 Å². The summed E-state index contributed by atoms with van der Waals surface area (Å²) in [5.41, 5.74) is 0.805. The number of hydrogen-bond acceptors (Lipinski definition) is 3. The van der Waals surface area contributed by atoms with Crippen molar-refractivity contribution in [3.8, 4) is 0 Å². The van der Waals surface area contributed by atoms with Crippen LogP contribution >= 0.6 is 0 Å². The Morgan fingerprint density at radius 2 is 2.07 bits per heavy atom. The van der Waals surface area contributed by atoms with Crippen molar-refractivity contribution in [3.05, 3.63) is 17.5 Å². The molecule has 0 bridgehead atoms. The summed E-state index contributed by atoms with van der Waals surface area (Å²) in [5.74, 6) is 0.348. The lowest BCUT2D eigenvalue weighted by Crippen LogP contribution is -2.29. The number of amides is 1. The minimum Gasteiger partial charge on any atom is -0.351 e. The smallest absolute Gasteiger partial charge is 0.290 e. The first-order valence-electron chi connectivity index (χ1n) is 4.78. The van der Waals surface area contributed by atoms with Gasteiger partial charge in [-0.3, -0.25) is 4.79 Å². The molecule has 0 saturated heterocycles. The van der Waals surface area contributed by atoms with Gasteiger partial charge in [-0.25, -0.2) is 0 Å². The van der Waals surface area contributed by atoms with Gasteiger partial charge in [0.1, 0.15) is 0 Å². The minimum absolute atomic E-state index is 0.107. The number of rotatable bonds is 3. The van der Waals surface area contributed by atoms with Gasteiger partial charge in [-0.2, -0.15) is 0 Å². The molecule has 4 nitrogen and oxygen atoms in total. The molecule has 0 spiro atoms. The standard InChI is InChI=1S/C10H16N2O2/c1-6(2)8-5-9(14-12-8)10(13)11-7(3)4/h5-7H,1-4H3,(H,11,13). The number of hydrogen-bond donors (Lipinski definition) is 1. The third kappa shape index (κ3) is 2.58. The fraction of sp³-hybridized carbons (Fsp3) is 0.600. The van der Waals surface area contributed by atoms with E-state index in [4.69, 9.17) is 4.52 Å². The maximum Gasteiger partial charge on any atom is 0.290 e. The lowest BCUT2D eigenvalue weighted by atomic mass is 10.1. The Hall–Kier alpha value is -1.32. The van der Waals surface area contributed by atoms with Gasteiger partial charge in [0.05, 0.1) is 5.69 Å². The zero-order chi connectivity index (χ0) is 10.7. The number of nitrogens with one attached hydrogen (secondary N) is 1. The molecule has 78 valence electrons. The van der Waals surface area contributed by atoms with Crippen molar-refractivity contribution in [2.45, 2.75) is 39.7 Å². The van der Waals surface area contributed by atoms with Crippen molar-refractivity contribution < 1.29 is 9.32 Å². The summed E-state index contributed by atoms with van der Waals surface area (Å²) in [6.45, 7) is 7.80. The molecule has 14 heavy (non-hydrogen) atoms. The van der Waals surface area contributed by atoms with Crippen molar-refractivity contribution >= 4 is 5.91 Å². The largest absolute Gasteiger partial charge is 0.351 e. The molecule has 0 aromatic carbocycles. The average molecular weight is 196 g/mol. The number of nitrogens with zero attached hydrogens (tertiary/aromatic N) is 1. The second-order valence-corrected chi connectivity index (χ2v) is 3.90. The normalized spacial score (nSPS) is 11.0. The van der Waals surface area contributed by atoms with Gasteiger partial charge < -0.3 is 9.84 Å². The lowest BCUT2D eigenvalue weighted by molar-refractivity contribution is 0.0906. The Morgan fingerprint density at radius 3 is 2.50 bits per heavy atom. The van der Waals surface area contributed by atoms with Gasteiger partial charge in [-0.15, -0.1) is 0 Å². The molecule has 1 N–H and O–H groups in total. The van der Waals surface area contributed by atoms with Crippen LogP contribution in [0.3, 0.4) is 0 Å². The Morgan fingerprint density at radius 1 is 1.43 bits per heavy atom. The molecule has 0 atom stereocenters. The van der Waals surface area contributed by atoms with Gasteiger partial charge in [-0.05, 0) is 19.8 Å². The summed E-state index contributed by atoms with van der Waals surface area (Å²) < 4.78 is 4.93. The summed E-state index contributed by atoms with van der Waals surface area (Å²) in [4.78, 5) is 11.4. The first-order valence-corrected chi connectivity index (χ1v) is 4.78. The van der Waals surface area contributed by atoms with E-state index >= 15 is 0 Å². The third-order valence-electron chi connectivity index (χ3n) is 1.76. The Kier molecular flexibility index (Phi) is 3.28. The molecule has 0 aliphatic heterocycles. The molecule has 0 aliphatic rings. The Labute approximate surface area is 83.7 Å². The summed E-state index contributed by atoms with van der Waals surface area (Å²) in [6.07, 6.45) is 0. The van der Waals surface area contributed by atoms with Gasteiger partial charge in [0, 0.05) is 12.1 Å². The molecule has 0 fully saturated rings. The zero-order valence-corrected chi connectivity index (χ0v) is 9.00. The van der Waals surface area contributed by atoms with Crippen LogP contribution in [0.25, 0.3) is 0 Å². The second kappa shape index (κ2) is 4.26. The lowest BCUT2D eigenvalue weighted by Gasteiger charge is -2.04. The Bertz CT molecular complexity index is 316. The summed E-state index contributed by atoms with van der Waals surface area (Å²) >= 11 is 0. The highest BCUT2D eigenvalue weighted by atomic mass is 16.5. The van der Waals surface area contributed by atoms with E-state index in [0.717, 1.165) is 5.69 Å².